The smallest absolute Gasteiger partial charge is 0.326 e. The number of aromatic nitrogens is 1. The van der Waals surface area contributed by atoms with Gasteiger partial charge in [0.15, 0.2) is 0 Å². The van der Waals surface area contributed by atoms with Crippen LogP contribution in [0.5, 0.6) is 0 Å². The molecule has 1 aliphatic rings. The number of amides is 4. The highest BCUT2D eigenvalue weighted by Crippen LogP contribution is 2.19. The zero-order valence-corrected chi connectivity index (χ0v) is 18.5. The van der Waals surface area contributed by atoms with Crippen molar-refractivity contribution in [3.63, 3.8) is 0 Å². The fourth-order valence-electron chi connectivity index (χ4n) is 4.03. The molecule has 182 valence electrons. The molecule has 12 nitrogen and oxygen atoms in total. The van der Waals surface area contributed by atoms with E-state index in [1.807, 2.05) is 24.3 Å². The van der Waals surface area contributed by atoms with E-state index >= 15 is 0 Å². The number of para-hydroxylation sites is 1. The van der Waals surface area contributed by atoms with Gasteiger partial charge in [0.05, 0.1) is 19.0 Å². The van der Waals surface area contributed by atoms with E-state index in [9.17, 15) is 29.1 Å². The molecule has 1 fully saturated rings. The lowest BCUT2D eigenvalue weighted by molar-refractivity contribution is -0.145. The zero-order valence-electron chi connectivity index (χ0n) is 18.5. The van der Waals surface area contributed by atoms with Gasteiger partial charge >= 0.3 is 5.97 Å². The standard InChI is InChI=1S/C22H28N6O6/c23-14(8-12-10-25-15-5-2-1-4-13(12)15)20(31)26-11-19(30)28-7-3-6-17(28)21(32)27-16(22(33)34)9-18(24)29/h1-2,4-5,10,14,16-17,25H,3,6-9,11,23H2,(H2,24,29)(H,26,31)(H,27,32)(H,33,34). The molecule has 34 heavy (non-hydrogen) atoms. The molecule has 3 atom stereocenters. The Balaban J connectivity index is 1.53. The summed E-state index contributed by atoms with van der Waals surface area (Å²) in [5.41, 5.74) is 12.9. The SMILES string of the molecule is NC(=O)CC(NC(=O)C1CCCN1C(=O)CNC(=O)C(N)Cc1c[nH]c2ccccc12)C(=O)O. The fourth-order valence-corrected chi connectivity index (χ4v) is 4.03. The molecule has 3 rings (SSSR count). The summed E-state index contributed by atoms with van der Waals surface area (Å²) in [6, 6.07) is 4.36. The molecule has 1 saturated heterocycles. The summed E-state index contributed by atoms with van der Waals surface area (Å²) in [6.07, 6.45) is 2.36. The number of carbonyl (C=O) groups is 5. The Bertz CT molecular complexity index is 1100. The molecule has 2 aromatic rings. The zero-order chi connectivity index (χ0) is 24.8. The van der Waals surface area contributed by atoms with E-state index in [1.54, 1.807) is 6.20 Å². The van der Waals surface area contributed by atoms with Gasteiger partial charge in [-0.15, -0.1) is 0 Å². The summed E-state index contributed by atoms with van der Waals surface area (Å²) in [6.45, 7) is -0.0738. The number of primary amides is 1. The van der Waals surface area contributed by atoms with Crippen molar-refractivity contribution in [2.24, 2.45) is 11.5 Å². The first-order valence-electron chi connectivity index (χ1n) is 10.9. The lowest BCUT2D eigenvalue weighted by Gasteiger charge is -2.25. The molecular weight excluding hydrogens is 444 g/mol. The fraction of sp³-hybridized carbons (Fsp3) is 0.409. The van der Waals surface area contributed by atoms with Gasteiger partial charge in [-0.05, 0) is 30.9 Å². The van der Waals surface area contributed by atoms with Crippen LogP contribution in [0.3, 0.4) is 0 Å². The third-order valence-electron chi connectivity index (χ3n) is 5.76. The van der Waals surface area contributed by atoms with Crippen LogP contribution in [0, 0.1) is 0 Å². The number of fused-ring (bicyclic) bond motifs is 1. The van der Waals surface area contributed by atoms with Gasteiger partial charge in [0.1, 0.15) is 12.1 Å². The van der Waals surface area contributed by atoms with Gasteiger partial charge in [-0.25, -0.2) is 4.79 Å². The Kier molecular flexibility index (Phi) is 7.84. The summed E-state index contributed by atoms with van der Waals surface area (Å²) < 4.78 is 0. The number of carboxylic acid groups (broad SMARTS) is 1. The normalized spacial score (nSPS) is 17.2. The number of carboxylic acids is 1. The second-order valence-corrected chi connectivity index (χ2v) is 8.20. The molecule has 8 N–H and O–H groups in total. The number of nitrogens with two attached hydrogens (primary N) is 2. The minimum absolute atomic E-state index is 0.273. The van der Waals surface area contributed by atoms with Crippen molar-refractivity contribution in [2.75, 3.05) is 13.1 Å². The Morgan fingerprint density at radius 1 is 1.21 bits per heavy atom. The Morgan fingerprint density at radius 3 is 2.65 bits per heavy atom. The van der Waals surface area contributed by atoms with E-state index in [0.29, 0.717) is 12.8 Å². The Morgan fingerprint density at radius 2 is 1.94 bits per heavy atom. The van der Waals surface area contributed by atoms with Gasteiger partial charge in [-0.1, -0.05) is 18.2 Å². The number of aromatic amines is 1. The van der Waals surface area contributed by atoms with E-state index in [4.69, 9.17) is 11.5 Å². The molecule has 12 heteroatoms. The van der Waals surface area contributed by atoms with Crippen molar-refractivity contribution in [1.82, 2.24) is 20.5 Å². The topological polar surface area (TPSA) is 201 Å². The van der Waals surface area contributed by atoms with Crippen molar-refractivity contribution in [3.8, 4) is 0 Å². The van der Waals surface area contributed by atoms with Gasteiger partial charge in [0.25, 0.3) is 0 Å². The number of nitrogens with zero attached hydrogens (tertiary/aromatic N) is 1. The van der Waals surface area contributed by atoms with Crippen LogP contribution in [-0.4, -0.2) is 75.8 Å². The summed E-state index contributed by atoms with van der Waals surface area (Å²) in [5.74, 6) is -3.97. The quantitative estimate of drug-likeness (QED) is 0.244. The van der Waals surface area contributed by atoms with Crippen molar-refractivity contribution >= 4 is 40.5 Å². The molecular formula is C22H28N6O6. The first kappa shape index (κ1) is 24.7. The van der Waals surface area contributed by atoms with E-state index < -0.39 is 54.1 Å². The van der Waals surface area contributed by atoms with Crippen molar-refractivity contribution in [1.29, 1.82) is 0 Å². The van der Waals surface area contributed by atoms with Crippen LogP contribution in [0.15, 0.2) is 30.5 Å². The highest BCUT2D eigenvalue weighted by Gasteiger charge is 2.36. The van der Waals surface area contributed by atoms with Crippen LogP contribution >= 0.6 is 0 Å². The Labute approximate surface area is 195 Å². The molecule has 0 saturated carbocycles. The summed E-state index contributed by atoms with van der Waals surface area (Å²) >= 11 is 0. The average Bonchev–Trinajstić information content (AvgIpc) is 3.44. The minimum atomic E-state index is -1.48. The highest BCUT2D eigenvalue weighted by atomic mass is 16.4. The van der Waals surface area contributed by atoms with Gasteiger partial charge in [-0.2, -0.15) is 0 Å². The molecule has 1 aromatic heterocycles. The number of hydrogen-bond acceptors (Lipinski definition) is 6. The second kappa shape index (κ2) is 10.8. The molecule has 0 radical (unpaired) electrons. The maximum atomic E-state index is 12.7. The van der Waals surface area contributed by atoms with Gasteiger partial charge in [-0.3, -0.25) is 19.2 Å². The third-order valence-corrected chi connectivity index (χ3v) is 5.76. The predicted octanol–water partition coefficient (Wildman–Crippen LogP) is -1.41. The average molecular weight is 473 g/mol. The summed E-state index contributed by atoms with van der Waals surface area (Å²) in [5, 5.41) is 14.9. The Hall–Kier alpha value is -3.93. The molecule has 2 heterocycles. The second-order valence-electron chi connectivity index (χ2n) is 8.20. The largest absolute Gasteiger partial charge is 0.480 e. The first-order chi connectivity index (χ1) is 16.2. The summed E-state index contributed by atoms with van der Waals surface area (Å²) in [7, 11) is 0. The van der Waals surface area contributed by atoms with E-state index in [1.165, 1.54) is 4.90 Å². The van der Waals surface area contributed by atoms with Crippen LogP contribution < -0.4 is 22.1 Å². The first-order valence-corrected chi connectivity index (χ1v) is 10.9. The maximum Gasteiger partial charge on any atom is 0.326 e. The van der Waals surface area contributed by atoms with Crippen LogP contribution in [0.2, 0.25) is 0 Å². The van der Waals surface area contributed by atoms with Gasteiger partial charge in [0.2, 0.25) is 23.6 Å². The molecule has 0 bridgehead atoms. The number of benzene rings is 1. The third kappa shape index (κ3) is 5.90. The van der Waals surface area contributed by atoms with Crippen LogP contribution in [0.4, 0.5) is 0 Å². The number of aliphatic carboxylic acids is 1. The van der Waals surface area contributed by atoms with Crippen molar-refractivity contribution < 1.29 is 29.1 Å². The molecule has 1 aromatic carbocycles. The molecule has 3 unspecified atom stereocenters. The highest BCUT2D eigenvalue weighted by molar-refractivity contribution is 5.94. The van der Waals surface area contributed by atoms with Crippen LogP contribution in [0.25, 0.3) is 10.9 Å². The van der Waals surface area contributed by atoms with E-state index in [-0.39, 0.29) is 19.5 Å². The van der Waals surface area contributed by atoms with Gasteiger partial charge < -0.3 is 37.1 Å². The number of likely N-dealkylation sites (tertiary alicyclic amines) is 1. The number of H-pyrrole nitrogens is 1. The molecule has 4 amide bonds. The minimum Gasteiger partial charge on any atom is -0.480 e. The monoisotopic (exact) mass is 472 g/mol. The number of rotatable bonds is 10. The number of carbonyl (C=O) groups excluding carboxylic acids is 4. The van der Waals surface area contributed by atoms with Crippen LogP contribution in [0.1, 0.15) is 24.8 Å². The van der Waals surface area contributed by atoms with Crippen LogP contribution in [-0.2, 0) is 30.4 Å². The molecule has 0 spiro atoms. The van der Waals surface area contributed by atoms with E-state index in [0.717, 1.165) is 16.5 Å². The van der Waals surface area contributed by atoms with Gasteiger partial charge in [0, 0.05) is 23.6 Å². The number of nitrogens with one attached hydrogen (secondary N) is 3. The lowest BCUT2D eigenvalue weighted by atomic mass is 10.1. The summed E-state index contributed by atoms with van der Waals surface area (Å²) in [4.78, 5) is 64.4. The predicted molar refractivity (Wildman–Crippen MR) is 121 cm³/mol. The lowest BCUT2D eigenvalue weighted by Crippen LogP contribution is -2.53. The van der Waals surface area contributed by atoms with Crippen molar-refractivity contribution in [3.05, 3.63) is 36.0 Å². The molecule has 1 aliphatic heterocycles. The van der Waals surface area contributed by atoms with E-state index in [2.05, 4.69) is 15.6 Å². The number of hydrogen-bond donors (Lipinski definition) is 6. The molecule has 0 aliphatic carbocycles. The van der Waals surface area contributed by atoms with Crippen molar-refractivity contribution in [2.45, 2.75) is 43.8 Å². The maximum absolute atomic E-state index is 12.7.